The molecule has 136 valence electrons. The number of aromatic nitrogens is 1. The van der Waals surface area contributed by atoms with E-state index in [1.807, 2.05) is 0 Å². The molecule has 0 radical (unpaired) electrons. The number of amides is 1. The van der Waals surface area contributed by atoms with E-state index in [1.54, 1.807) is 42.7 Å². The molecule has 3 saturated heterocycles. The molecule has 4 unspecified atom stereocenters. The fourth-order valence-corrected chi connectivity index (χ4v) is 4.13. The van der Waals surface area contributed by atoms with Crippen molar-refractivity contribution in [2.75, 3.05) is 13.1 Å². The van der Waals surface area contributed by atoms with Crippen LogP contribution in [0.5, 0.6) is 11.5 Å². The summed E-state index contributed by atoms with van der Waals surface area (Å²) in [6.45, 7) is 4.39. The number of nitrogens with one attached hydrogen (secondary N) is 1. The van der Waals surface area contributed by atoms with E-state index in [4.69, 9.17) is 16.3 Å². The molecule has 2 bridgehead atoms. The summed E-state index contributed by atoms with van der Waals surface area (Å²) in [5.41, 5.74) is 0.645. The third-order valence-corrected chi connectivity index (χ3v) is 5.61. The number of nitrogens with zero attached hydrogens (tertiary/aromatic N) is 2. The Morgan fingerprint density at radius 3 is 2.73 bits per heavy atom. The number of hydrogen-bond donors (Lipinski definition) is 1. The second kappa shape index (κ2) is 7.25. The van der Waals surface area contributed by atoms with Crippen LogP contribution in [0.3, 0.4) is 0 Å². The third kappa shape index (κ3) is 3.69. The molecule has 1 aromatic carbocycles. The van der Waals surface area contributed by atoms with E-state index in [0.717, 1.165) is 13.1 Å². The molecule has 1 aromatic heterocycles. The largest absolute Gasteiger partial charge is 0.456 e. The number of carbonyl (C=O) groups is 1. The van der Waals surface area contributed by atoms with E-state index in [2.05, 4.69) is 22.1 Å². The average molecular weight is 372 g/mol. The summed E-state index contributed by atoms with van der Waals surface area (Å²) in [6, 6.07) is 9.73. The van der Waals surface area contributed by atoms with Crippen molar-refractivity contribution in [1.29, 1.82) is 0 Å². The van der Waals surface area contributed by atoms with Crippen molar-refractivity contribution in [3.63, 3.8) is 0 Å². The highest BCUT2D eigenvalue weighted by atomic mass is 35.5. The molecular formula is C20H22ClN3O2. The highest BCUT2D eigenvalue weighted by Gasteiger charge is 2.38. The first kappa shape index (κ1) is 17.3. The third-order valence-electron chi connectivity index (χ3n) is 5.40. The van der Waals surface area contributed by atoms with Gasteiger partial charge >= 0.3 is 0 Å². The Bertz CT molecular complexity index is 796. The summed E-state index contributed by atoms with van der Waals surface area (Å²) >= 11 is 5.91. The van der Waals surface area contributed by atoms with Gasteiger partial charge in [-0.25, -0.2) is 0 Å². The molecule has 6 heteroatoms. The number of pyridine rings is 1. The number of piperidine rings is 3. The number of fused-ring (bicyclic) bond motifs is 3. The van der Waals surface area contributed by atoms with E-state index in [9.17, 15) is 4.79 Å². The summed E-state index contributed by atoms with van der Waals surface area (Å²) in [7, 11) is 0. The fourth-order valence-electron chi connectivity index (χ4n) is 3.97. The Kier molecular flexibility index (Phi) is 4.83. The number of benzene rings is 1. The number of carbonyl (C=O) groups excluding carboxylic acids is 1. The molecule has 3 fully saturated rings. The highest BCUT2D eigenvalue weighted by Crippen LogP contribution is 2.32. The Labute approximate surface area is 158 Å². The predicted octanol–water partition coefficient (Wildman–Crippen LogP) is 3.74. The zero-order valence-corrected chi connectivity index (χ0v) is 15.4. The quantitative estimate of drug-likeness (QED) is 0.889. The van der Waals surface area contributed by atoms with Gasteiger partial charge in [-0.2, -0.15) is 0 Å². The first-order valence-corrected chi connectivity index (χ1v) is 9.39. The standard InChI is InChI=1S/C20H22ClN3O2/c1-13-8-15-6-7-24(13)12-19(15)23-20(25)14-2-4-17(5-3-14)26-18-9-16(21)10-22-11-18/h2-5,9-11,13,15,19H,6-8,12H2,1H3,(H,23,25). The summed E-state index contributed by atoms with van der Waals surface area (Å²) in [4.78, 5) is 19.1. The number of rotatable bonds is 4. The number of hydrogen-bond acceptors (Lipinski definition) is 4. The number of halogens is 1. The molecule has 5 rings (SSSR count). The minimum Gasteiger partial charge on any atom is -0.456 e. The molecule has 3 aliphatic heterocycles. The molecule has 26 heavy (non-hydrogen) atoms. The topological polar surface area (TPSA) is 54.5 Å². The maximum absolute atomic E-state index is 12.6. The van der Waals surface area contributed by atoms with Gasteiger partial charge in [-0.3, -0.25) is 14.7 Å². The molecule has 4 heterocycles. The first-order chi connectivity index (χ1) is 12.6. The zero-order valence-electron chi connectivity index (χ0n) is 14.7. The van der Waals surface area contributed by atoms with Crippen molar-refractivity contribution in [3.8, 4) is 11.5 Å². The summed E-state index contributed by atoms with van der Waals surface area (Å²) in [6.07, 6.45) is 5.50. The van der Waals surface area contributed by atoms with Crippen molar-refractivity contribution in [2.24, 2.45) is 5.92 Å². The molecule has 2 aromatic rings. The van der Waals surface area contributed by atoms with Crippen molar-refractivity contribution < 1.29 is 9.53 Å². The maximum Gasteiger partial charge on any atom is 0.251 e. The molecule has 1 N–H and O–H groups in total. The molecule has 0 spiro atoms. The Hall–Kier alpha value is -2.11. The van der Waals surface area contributed by atoms with E-state index < -0.39 is 0 Å². The van der Waals surface area contributed by atoms with Gasteiger partial charge in [0.05, 0.1) is 11.2 Å². The molecule has 3 aliphatic rings. The summed E-state index contributed by atoms with van der Waals surface area (Å²) in [5, 5.41) is 3.73. The van der Waals surface area contributed by atoms with Crippen LogP contribution in [-0.2, 0) is 0 Å². The second-order valence-electron chi connectivity index (χ2n) is 7.17. The van der Waals surface area contributed by atoms with Crippen molar-refractivity contribution in [2.45, 2.75) is 31.8 Å². The summed E-state index contributed by atoms with van der Waals surface area (Å²) < 4.78 is 5.71. The normalized spacial score (nSPS) is 27.2. The van der Waals surface area contributed by atoms with Crippen LogP contribution < -0.4 is 10.1 Å². The minimum atomic E-state index is -0.0209. The Morgan fingerprint density at radius 1 is 1.27 bits per heavy atom. The van der Waals surface area contributed by atoms with Crippen molar-refractivity contribution >= 4 is 17.5 Å². The lowest BCUT2D eigenvalue weighted by Crippen LogP contribution is -2.60. The van der Waals surface area contributed by atoms with Gasteiger partial charge in [0.25, 0.3) is 5.91 Å². The predicted molar refractivity (Wildman–Crippen MR) is 101 cm³/mol. The second-order valence-corrected chi connectivity index (χ2v) is 7.61. The SMILES string of the molecule is CC1CC2CCN1CC2NC(=O)c1ccc(Oc2cncc(Cl)c2)cc1. The monoisotopic (exact) mass is 371 g/mol. The van der Waals surface area contributed by atoms with E-state index in [0.29, 0.717) is 34.0 Å². The molecule has 0 aliphatic carbocycles. The van der Waals surface area contributed by atoms with Gasteiger partial charge in [0, 0.05) is 36.5 Å². The van der Waals surface area contributed by atoms with Crippen LogP contribution in [0, 0.1) is 5.92 Å². The zero-order chi connectivity index (χ0) is 18.1. The van der Waals surface area contributed by atoms with Crippen LogP contribution in [0.4, 0.5) is 0 Å². The molecule has 1 amide bonds. The van der Waals surface area contributed by atoms with Crippen LogP contribution >= 0.6 is 11.6 Å². The van der Waals surface area contributed by atoms with Crippen LogP contribution in [0.15, 0.2) is 42.7 Å². The van der Waals surface area contributed by atoms with Crippen LogP contribution in [0.25, 0.3) is 0 Å². The van der Waals surface area contributed by atoms with E-state index in [-0.39, 0.29) is 11.9 Å². The van der Waals surface area contributed by atoms with Gasteiger partial charge in [0.2, 0.25) is 0 Å². The highest BCUT2D eigenvalue weighted by molar-refractivity contribution is 6.30. The molecule has 0 saturated carbocycles. The molecule has 5 nitrogen and oxygen atoms in total. The van der Waals surface area contributed by atoms with Crippen molar-refractivity contribution in [3.05, 3.63) is 53.3 Å². The lowest BCUT2D eigenvalue weighted by Gasteiger charge is -2.48. The maximum atomic E-state index is 12.6. The minimum absolute atomic E-state index is 0.0209. The van der Waals surface area contributed by atoms with Gasteiger partial charge < -0.3 is 10.1 Å². The summed E-state index contributed by atoms with van der Waals surface area (Å²) in [5.74, 6) is 1.78. The first-order valence-electron chi connectivity index (χ1n) is 9.02. The number of ether oxygens (including phenoxy) is 1. The van der Waals surface area contributed by atoms with Gasteiger partial charge in [-0.1, -0.05) is 11.6 Å². The van der Waals surface area contributed by atoms with Crippen LogP contribution in [0.2, 0.25) is 5.02 Å². The molecular weight excluding hydrogens is 350 g/mol. The Balaban J connectivity index is 1.38. The Morgan fingerprint density at radius 2 is 2.08 bits per heavy atom. The van der Waals surface area contributed by atoms with Gasteiger partial charge in [0.15, 0.2) is 0 Å². The van der Waals surface area contributed by atoms with Gasteiger partial charge in [0.1, 0.15) is 11.5 Å². The smallest absolute Gasteiger partial charge is 0.251 e. The van der Waals surface area contributed by atoms with E-state index >= 15 is 0 Å². The van der Waals surface area contributed by atoms with E-state index in [1.165, 1.54) is 12.8 Å². The van der Waals surface area contributed by atoms with Gasteiger partial charge in [-0.05, 0) is 56.5 Å². The van der Waals surface area contributed by atoms with Crippen LogP contribution in [-0.4, -0.2) is 41.0 Å². The lowest BCUT2D eigenvalue weighted by molar-refractivity contribution is 0.0274. The van der Waals surface area contributed by atoms with Crippen LogP contribution in [0.1, 0.15) is 30.1 Å². The average Bonchev–Trinajstić information content (AvgIpc) is 2.63. The lowest BCUT2D eigenvalue weighted by atomic mass is 9.80. The van der Waals surface area contributed by atoms with Crippen molar-refractivity contribution in [1.82, 2.24) is 15.2 Å². The fraction of sp³-hybridized carbons (Fsp3) is 0.400. The van der Waals surface area contributed by atoms with Gasteiger partial charge in [-0.15, -0.1) is 0 Å². The molecule has 4 atom stereocenters.